The van der Waals surface area contributed by atoms with Crippen LogP contribution < -0.4 is 10.1 Å². The number of nitrogens with one attached hydrogen (secondary N) is 1. The van der Waals surface area contributed by atoms with Gasteiger partial charge in [-0.3, -0.25) is 4.79 Å². The van der Waals surface area contributed by atoms with Gasteiger partial charge in [0.05, 0.1) is 6.61 Å². The van der Waals surface area contributed by atoms with Gasteiger partial charge in [-0.25, -0.2) is 12.7 Å². The number of fused-ring (bicyclic) bond motifs is 1. The van der Waals surface area contributed by atoms with Crippen molar-refractivity contribution in [3.63, 3.8) is 0 Å². The lowest BCUT2D eigenvalue weighted by atomic mass is 9.90. The number of rotatable bonds is 6. The van der Waals surface area contributed by atoms with Crippen LogP contribution in [0.4, 0.5) is 5.69 Å². The number of carbonyl (C=O) groups is 1. The Balaban J connectivity index is 1.89. The summed E-state index contributed by atoms with van der Waals surface area (Å²) in [4.78, 5) is 12.7. The SMILES string of the molecule is CCOc1ccc(NC(=O)c2ccc3c(c2)CCCC3)cc1S(=O)(=O)N(C)C. The molecule has 0 saturated heterocycles. The molecule has 3 rings (SSSR count). The van der Waals surface area contributed by atoms with Crippen molar-refractivity contribution >= 4 is 21.6 Å². The third kappa shape index (κ3) is 4.20. The summed E-state index contributed by atoms with van der Waals surface area (Å²) in [7, 11) is -0.784. The van der Waals surface area contributed by atoms with E-state index in [1.165, 1.54) is 37.7 Å². The molecule has 0 atom stereocenters. The molecule has 1 amide bonds. The van der Waals surface area contributed by atoms with Gasteiger partial charge in [-0.1, -0.05) is 6.07 Å². The first-order valence-electron chi connectivity index (χ1n) is 9.45. The van der Waals surface area contributed by atoms with Gasteiger partial charge in [-0.05, 0) is 74.1 Å². The molecule has 0 fully saturated rings. The maximum atomic E-state index is 12.7. The summed E-state index contributed by atoms with van der Waals surface area (Å²) in [5, 5.41) is 2.81. The monoisotopic (exact) mass is 402 g/mol. The van der Waals surface area contributed by atoms with E-state index >= 15 is 0 Å². The summed E-state index contributed by atoms with van der Waals surface area (Å²) in [6.07, 6.45) is 4.38. The summed E-state index contributed by atoms with van der Waals surface area (Å²) in [5.41, 5.74) is 3.52. The van der Waals surface area contributed by atoms with Crippen LogP contribution in [-0.2, 0) is 22.9 Å². The predicted molar refractivity (Wildman–Crippen MR) is 110 cm³/mol. The number of benzene rings is 2. The van der Waals surface area contributed by atoms with Crippen LogP contribution in [0, 0.1) is 0 Å². The quantitative estimate of drug-likeness (QED) is 0.803. The summed E-state index contributed by atoms with van der Waals surface area (Å²) in [6.45, 7) is 2.13. The normalized spacial score (nSPS) is 13.9. The van der Waals surface area contributed by atoms with Crippen molar-refractivity contribution in [2.45, 2.75) is 37.5 Å². The number of amides is 1. The summed E-state index contributed by atoms with van der Waals surface area (Å²) in [5.74, 6) is 0.00807. The lowest BCUT2D eigenvalue weighted by Gasteiger charge is -2.18. The van der Waals surface area contributed by atoms with Crippen LogP contribution in [0.5, 0.6) is 5.75 Å². The first-order valence-corrected chi connectivity index (χ1v) is 10.9. The first-order chi connectivity index (χ1) is 13.3. The zero-order chi connectivity index (χ0) is 20.3. The van der Waals surface area contributed by atoms with E-state index in [1.54, 1.807) is 19.1 Å². The highest BCUT2D eigenvalue weighted by Crippen LogP contribution is 2.30. The molecule has 2 aromatic carbocycles. The van der Waals surface area contributed by atoms with Crippen LogP contribution in [0.25, 0.3) is 0 Å². The second-order valence-electron chi connectivity index (χ2n) is 7.03. The molecule has 28 heavy (non-hydrogen) atoms. The van der Waals surface area contributed by atoms with E-state index in [0.29, 0.717) is 17.9 Å². The topological polar surface area (TPSA) is 75.7 Å². The molecule has 7 heteroatoms. The molecule has 1 N–H and O–H groups in total. The van der Waals surface area contributed by atoms with Crippen LogP contribution in [0.2, 0.25) is 0 Å². The second-order valence-corrected chi connectivity index (χ2v) is 9.15. The molecule has 0 aromatic heterocycles. The molecule has 0 heterocycles. The van der Waals surface area contributed by atoms with Crippen LogP contribution in [0.3, 0.4) is 0 Å². The van der Waals surface area contributed by atoms with Gasteiger partial charge >= 0.3 is 0 Å². The van der Waals surface area contributed by atoms with Gasteiger partial charge in [0.15, 0.2) is 0 Å². The van der Waals surface area contributed by atoms with Gasteiger partial charge in [0.2, 0.25) is 10.0 Å². The molecule has 1 aliphatic carbocycles. The maximum Gasteiger partial charge on any atom is 0.255 e. The largest absolute Gasteiger partial charge is 0.492 e. The fourth-order valence-corrected chi connectivity index (χ4v) is 4.39. The van der Waals surface area contributed by atoms with E-state index in [1.807, 2.05) is 18.2 Å². The molecule has 0 spiro atoms. The Labute approximate surface area is 166 Å². The molecule has 150 valence electrons. The Kier molecular flexibility index (Phi) is 6.05. The van der Waals surface area contributed by atoms with Gasteiger partial charge in [-0.2, -0.15) is 0 Å². The second kappa shape index (κ2) is 8.32. The average Bonchev–Trinajstić information content (AvgIpc) is 2.68. The zero-order valence-corrected chi connectivity index (χ0v) is 17.3. The smallest absolute Gasteiger partial charge is 0.255 e. The van der Waals surface area contributed by atoms with Crippen LogP contribution >= 0.6 is 0 Å². The molecule has 1 aliphatic rings. The lowest BCUT2D eigenvalue weighted by Crippen LogP contribution is -2.23. The first kappa shape index (κ1) is 20.4. The minimum Gasteiger partial charge on any atom is -0.492 e. The van der Waals surface area contributed by atoms with Crippen molar-refractivity contribution in [2.75, 3.05) is 26.0 Å². The fraction of sp³-hybridized carbons (Fsp3) is 0.381. The molecular weight excluding hydrogens is 376 g/mol. The Bertz CT molecular complexity index is 984. The Morgan fingerprint density at radius 3 is 2.46 bits per heavy atom. The number of sulfonamides is 1. The molecule has 0 bridgehead atoms. The molecule has 0 aliphatic heterocycles. The van der Waals surface area contributed by atoms with Crippen molar-refractivity contribution in [3.8, 4) is 5.75 Å². The van der Waals surface area contributed by atoms with Gasteiger partial charge < -0.3 is 10.1 Å². The fourth-order valence-electron chi connectivity index (χ4n) is 3.34. The van der Waals surface area contributed by atoms with E-state index in [-0.39, 0.29) is 16.6 Å². The van der Waals surface area contributed by atoms with E-state index in [2.05, 4.69) is 5.32 Å². The van der Waals surface area contributed by atoms with Gasteiger partial charge in [-0.15, -0.1) is 0 Å². The highest BCUT2D eigenvalue weighted by atomic mass is 32.2. The molecular formula is C21H26N2O4S. The van der Waals surface area contributed by atoms with Crippen molar-refractivity contribution in [1.29, 1.82) is 0 Å². The Hall–Kier alpha value is -2.38. The van der Waals surface area contributed by atoms with E-state index < -0.39 is 10.0 Å². The number of nitrogens with zero attached hydrogens (tertiary/aromatic N) is 1. The Morgan fingerprint density at radius 1 is 1.07 bits per heavy atom. The van der Waals surface area contributed by atoms with Crippen LogP contribution in [0.1, 0.15) is 41.3 Å². The van der Waals surface area contributed by atoms with Gasteiger partial charge in [0.1, 0.15) is 10.6 Å². The number of aryl methyl sites for hydroxylation is 2. The average molecular weight is 403 g/mol. The van der Waals surface area contributed by atoms with Gasteiger partial charge in [0, 0.05) is 25.3 Å². The minimum absolute atomic E-state index is 0.0302. The zero-order valence-electron chi connectivity index (χ0n) is 16.5. The highest BCUT2D eigenvalue weighted by Gasteiger charge is 2.23. The van der Waals surface area contributed by atoms with E-state index in [9.17, 15) is 13.2 Å². The van der Waals surface area contributed by atoms with Crippen LogP contribution in [-0.4, -0.2) is 39.3 Å². The van der Waals surface area contributed by atoms with E-state index in [0.717, 1.165) is 23.6 Å². The number of carbonyl (C=O) groups excluding carboxylic acids is 1. The number of anilines is 1. The molecule has 0 radical (unpaired) electrons. The summed E-state index contributed by atoms with van der Waals surface area (Å²) < 4.78 is 31.8. The minimum atomic E-state index is -3.71. The van der Waals surface area contributed by atoms with Crippen molar-refractivity contribution < 1.29 is 17.9 Å². The van der Waals surface area contributed by atoms with E-state index in [4.69, 9.17) is 4.74 Å². The van der Waals surface area contributed by atoms with Gasteiger partial charge in [0.25, 0.3) is 5.91 Å². The Morgan fingerprint density at radius 2 is 1.79 bits per heavy atom. The molecule has 6 nitrogen and oxygen atoms in total. The summed E-state index contributed by atoms with van der Waals surface area (Å²) in [6, 6.07) is 10.4. The third-order valence-electron chi connectivity index (χ3n) is 4.87. The molecule has 0 saturated carbocycles. The number of hydrogen-bond acceptors (Lipinski definition) is 4. The standard InChI is InChI=1S/C21H26N2O4S/c1-4-27-19-12-11-18(14-20(19)28(25,26)23(2)3)22-21(24)17-10-9-15-7-5-6-8-16(15)13-17/h9-14H,4-8H2,1-3H3,(H,22,24). The van der Waals surface area contributed by atoms with Crippen molar-refractivity contribution in [2.24, 2.45) is 0 Å². The summed E-state index contributed by atoms with van der Waals surface area (Å²) >= 11 is 0. The van der Waals surface area contributed by atoms with Crippen molar-refractivity contribution in [1.82, 2.24) is 4.31 Å². The molecule has 0 unspecified atom stereocenters. The number of ether oxygens (including phenoxy) is 1. The lowest BCUT2D eigenvalue weighted by molar-refractivity contribution is 0.102. The maximum absolute atomic E-state index is 12.7. The van der Waals surface area contributed by atoms with Crippen molar-refractivity contribution in [3.05, 3.63) is 53.1 Å². The number of hydrogen-bond donors (Lipinski definition) is 1. The third-order valence-corrected chi connectivity index (χ3v) is 6.71. The molecule has 2 aromatic rings. The predicted octanol–water partition coefficient (Wildman–Crippen LogP) is 3.47. The highest BCUT2D eigenvalue weighted by molar-refractivity contribution is 7.89. The van der Waals surface area contributed by atoms with Crippen LogP contribution in [0.15, 0.2) is 41.3 Å².